The first-order chi connectivity index (χ1) is 10.6. The maximum atomic E-state index is 12.2. The van der Waals surface area contributed by atoms with Crippen molar-refractivity contribution in [2.24, 2.45) is 0 Å². The van der Waals surface area contributed by atoms with Crippen molar-refractivity contribution in [3.05, 3.63) is 23.5 Å². The van der Waals surface area contributed by atoms with Crippen molar-refractivity contribution in [1.29, 1.82) is 0 Å². The van der Waals surface area contributed by atoms with Gasteiger partial charge in [-0.3, -0.25) is 4.79 Å². The summed E-state index contributed by atoms with van der Waals surface area (Å²) in [4.78, 5) is 27.5. The molecule has 7 heteroatoms. The molecule has 1 atom stereocenters. The van der Waals surface area contributed by atoms with Crippen molar-refractivity contribution >= 4 is 23.0 Å². The van der Waals surface area contributed by atoms with Gasteiger partial charge in [0.1, 0.15) is 6.04 Å². The Hall–Kier alpha value is -2.44. The number of rotatable bonds is 7. The Labute approximate surface area is 127 Å². The summed E-state index contributed by atoms with van der Waals surface area (Å²) in [5, 5.41) is 16.3. The number of hydrogen-bond acceptors (Lipinski definition) is 5. The van der Waals surface area contributed by atoms with E-state index in [0.29, 0.717) is 29.5 Å². The van der Waals surface area contributed by atoms with Crippen LogP contribution in [0.25, 0.3) is 11.1 Å². The highest BCUT2D eigenvalue weighted by Gasteiger charge is 2.21. The van der Waals surface area contributed by atoms with Crippen LogP contribution in [-0.4, -0.2) is 33.2 Å². The van der Waals surface area contributed by atoms with Crippen molar-refractivity contribution in [3.63, 3.8) is 0 Å². The fourth-order valence-electron chi connectivity index (χ4n) is 2.17. The minimum Gasteiger partial charge on any atom is -0.480 e. The Morgan fingerprint density at radius 3 is 2.82 bits per heavy atom. The number of aryl methyl sites for hydroxylation is 1. The van der Waals surface area contributed by atoms with Crippen LogP contribution in [-0.2, 0) is 11.2 Å². The molecule has 1 unspecified atom stereocenters. The van der Waals surface area contributed by atoms with Crippen LogP contribution < -0.4 is 5.32 Å². The minimum atomic E-state index is -1.03. The van der Waals surface area contributed by atoms with E-state index in [4.69, 9.17) is 9.63 Å². The summed E-state index contributed by atoms with van der Waals surface area (Å²) in [6.07, 6.45) is 4.03. The Kier molecular flexibility index (Phi) is 5.08. The number of aliphatic carboxylic acids is 1. The van der Waals surface area contributed by atoms with E-state index in [0.717, 1.165) is 18.5 Å². The zero-order chi connectivity index (χ0) is 16.1. The van der Waals surface area contributed by atoms with Gasteiger partial charge < -0.3 is 14.9 Å². The molecule has 0 aliphatic rings. The second kappa shape index (κ2) is 7.02. The smallest absolute Gasteiger partial charge is 0.326 e. The second-order valence-corrected chi connectivity index (χ2v) is 5.07. The number of carbonyl (C=O) groups is 2. The molecule has 0 fully saturated rings. The first-order valence-corrected chi connectivity index (χ1v) is 7.34. The topological polar surface area (TPSA) is 105 Å². The van der Waals surface area contributed by atoms with Crippen molar-refractivity contribution in [1.82, 2.24) is 15.5 Å². The summed E-state index contributed by atoms with van der Waals surface area (Å²) in [5.41, 5.74) is 1.39. The molecular formula is C15H19N3O4. The SMILES string of the molecule is CCCCC(NC(=O)c1cnc2onc(CC)c2c1)C(=O)O. The van der Waals surface area contributed by atoms with Crippen LogP contribution in [0.1, 0.15) is 49.2 Å². The standard InChI is InChI=1S/C15H19N3O4/c1-3-5-6-12(15(20)21)17-13(19)9-7-10-11(4-2)18-22-14(10)16-8-9/h7-8,12H,3-6H2,1-2H3,(H,17,19)(H,20,21). The predicted octanol–water partition coefficient (Wildman–Crippen LogP) is 2.16. The van der Waals surface area contributed by atoms with Crippen LogP contribution in [0.4, 0.5) is 0 Å². The summed E-state index contributed by atoms with van der Waals surface area (Å²) < 4.78 is 5.06. The van der Waals surface area contributed by atoms with E-state index in [2.05, 4.69) is 15.5 Å². The largest absolute Gasteiger partial charge is 0.480 e. The number of hydrogen-bond donors (Lipinski definition) is 2. The monoisotopic (exact) mass is 305 g/mol. The van der Waals surface area contributed by atoms with Crippen LogP contribution in [0.15, 0.2) is 16.8 Å². The highest BCUT2D eigenvalue weighted by molar-refractivity contribution is 5.98. The number of nitrogens with zero attached hydrogens (tertiary/aromatic N) is 2. The lowest BCUT2D eigenvalue weighted by Crippen LogP contribution is -2.40. The average molecular weight is 305 g/mol. The van der Waals surface area contributed by atoms with E-state index in [1.165, 1.54) is 6.20 Å². The van der Waals surface area contributed by atoms with Crippen molar-refractivity contribution in [2.45, 2.75) is 45.6 Å². The van der Waals surface area contributed by atoms with Crippen molar-refractivity contribution < 1.29 is 19.2 Å². The number of unbranched alkanes of at least 4 members (excludes halogenated alkanes) is 1. The van der Waals surface area contributed by atoms with Gasteiger partial charge in [0.15, 0.2) is 0 Å². The van der Waals surface area contributed by atoms with Gasteiger partial charge in [-0.2, -0.15) is 0 Å². The lowest BCUT2D eigenvalue weighted by Gasteiger charge is -2.13. The van der Waals surface area contributed by atoms with E-state index in [9.17, 15) is 9.59 Å². The molecule has 2 aromatic heterocycles. The highest BCUT2D eigenvalue weighted by Crippen LogP contribution is 2.18. The van der Waals surface area contributed by atoms with Gasteiger partial charge >= 0.3 is 5.97 Å². The third kappa shape index (κ3) is 3.41. The van der Waals surface area contributed by atoms with Gasteiger partial charge in [0.2, 0.25) is 0 Å². The maximum absolute atomic E-state index is 12.2. The number of carboxylic acids is 1. The number of fused-ring (bicyclic) bond motifs is 1. The molecule has 7 nitrogen and oxygen atoms in total. The van der Waals surface area contributed by atoms with E-state index in [1.54, 1.807) is 6.07 Å². The molecule has 0 saturated heterocycles. The molecule has 0 aliphatic heterocycles. The summed E-state index contributed by atoms with van der Waals surface area (Å²) >= 11 is 0. The average Bonchev–Trinajstić information content (AvgIpc) is 2.92. The molecule has 118 valence electrons. The number of pyridine rings is 1. The van der Waals surface area contributed by atoms with Crippen LogP contribution in [0.5, 0.6) is 0 Å². The molecule has 2 N–H and O–H groups in total. The minimum absolute atomic E-state index is 0.299. The Morgan fingerprint density at radius 1 is 1.41 bits per heavy atom. The zero-order valence-corrected chi connectivity index (χ0v) is 12.6. The zero-order valence-electron chi connectivity index (χ0n) is 12.6. The quantitative estimate of drug-likeness (QED) is 0.812. The summed E-state index contributed by atoms with van der Waals surface area (Å²) in [7, 11) is 0. The number of carboxylic acid groups (broad SMARTS) is 1. The maximum Gasteiger partial charge on any atom is 0.326 e. The fraction of sp³-hybridized carbons (Fsp3) is 0.467. The van der Waals surface area contributed by atoms with Gasteiger partial charge in [-0.05, 0) is 18.9 Å². The molecule has 22 heavy (non-hydrogen) atoms. The van der Waals surface area contributed by atoms with Gasteiger partial charge in [-0.1, -0.05) is 31.8 Å². The van der Waals surface area contributed by atoms with E-state index < -0.39 is 17.9 Å². The molecule has 0 bridgehead atoms. The van der Waals surface area contributed by atoms with E-state index in [-0.39, 0.29) is 0 Å². The molecule has 2 rings (SSSR count). The first-order valence-electron chi connectivity index (χ1n) is 7.34. The third-order valence-corrected chi connectivity index (χ3v) is 3.45. The summed E-state index contributed by atoms with van der Waals surface area (Å²) in [6.45, 7) is 3.89. The normalized spacial score (nSPS) is 12.3. The molecule has 0 spiro atoms. The Bertz CT molecular complexity index is 680. The highest BCUT2D eigenvalue weighted by atomic mass is 16.5. The first kappa shape index (κ1) is 15.9. The third-order valence-electron chi connectivity index (χ3n) is 3.45. The number of nitrogens with one attached hydrogen (secondary N) is 1. The number of carbonyl (C=O) groups excluding carboxylic acids is 1. The van der Waals surface area contributed by atoms with Gasteiger partial charge in [-0.25, -0.2) is 9.78 Å². The van der Waals surface area contributed by atoms with Gasteiger partial charge in [-0.15, -0.1) is 0 Å². The summed E-state index contributed by atoms with van der Waals surface area (Å²) in [6, 6.07) is 0.738. The Morgan fingerprint density at radius 2 is 2.18 bits per heavy atom. The fourth-order valence-corrected chi connectivity index (χ4v) is 2.17. The van der Waals surface area contributed by atoms with Crippen molar-refractivity contribution in [3.8, 4) is 0 Å². The molecule has 1 amide bonds. The van der Waals surface area contributed by atoms with Gasteiger partial charge in [0, 0.05) is 6.20 Å². The Balaban J connectivity index is 2.19. The predicted molar refractivity (Wildman–Crippen MR) is 79.6 cm³/mol. The molecule has 0 aromatic carbocycles. The second-order valence-electron chi connectivity index (χ2n) is 5.07. The van der Waals surface area contributed by atoms with Crippen LogP contribution in [0.3, 0.4) is 0 Å². The van der Waals surface area contributed by atoms with Crippen LogP contribution >= 0.6 is 0 Å². The van der Waals surface area contributed by atoms with Gasteiger partial charge in [0.05, 0.1) is 16.6 Å². The van der Waals surface area contributed by atoms with Gasteiger partial charge in [0.25, 0.3) is 11.6 Å². The molecule has 2 aromatic rings. The van der Waals surface area contributed by atoms with Crippen LogP contribution in [0.2, 0.25) is 0 Å². The van der Waals surface area contributed by atoms with E-state index in [1.807, 2.05) is 13.8 Å². The van der Waals surface area contributed by atoms with Crippen LogP contribution in [0, 0.1) is 0 Å². The lowest BCUT2D eigenvalue weighted by atomic mass is 10.1. The molecule has 2 heterocycles. The van der Waals surface area contributed by atoms with E-state index >= 15 is 0 Å². The van der Waals surface area contributed by atoms with Crippen molar-refractivity contribution in [2.75, 3.05) is 0 Å². The molecule has 0 aliphatic carbocycles. The molecule has 0 radical (unpaired) electrons. The number of aromatic nitrogens is 2. The lowest BCUT2D eigenvalue weighted by molar-refractivity contribution is -0.139. The summed E-state index contributed by atoms with van der Waals surface area (Å²) in [5.74, 6) is -1.49. The number of amides is 1. The molecule has 0 saturated carbocycles. The molecular weight excluding hydrogens is 286 g/mol.